The molecule has 0 amide bonds. The summed E-state index contributed by atoms with van der Waals surface area (Å²) in [6.07, 6.45) is -3.17. The van der Waals surface area contributed by atoms with Gasteiger partial charge in [0, 0.05) is 14.1 Å². The topological polar surface area (TPSA) is 88.3 Å². The molecule has 0 atom stereocenters. The van der Waals surface area contributed by atoms with Crippen LogP contribution in [0.25, 0.3) is 5.69 Å². The Labute approximate surface area is 165 Å². The first-order valence-electron chi connectivity index (χ1n) is 8.68. The first-order chi connectivity index (χ1) is 12.8. The van der Waals surface area contributed by atoms with Crippen LogP contribution in [0.4, 0.5) is 23.8 Å². The first-order valence-corrected chi connectivity index (χ1v) is 10.1. The Morgan fingerprint density at radius 3 is 2.24 bits per heavy atom. The fourth-order valence-corrected chi connectivity index (χ4v) is 3.85. The summed E-state index contributed by atoms with van der Waals surface area (Å²) in [7, 11) is -1.54. The summed E-state index contributed by atoms with van der Waals surface area (Å²) in [5.74, 6) is -1.55. The standard InChI is InChI=1S/C17H21F3N4O3S.FH/c1-9(2)11-7-12(10-5-6-10)14(28(25,26)27)8-13(11)24-16(23(3)4)21-15(22-24)17(18,19)20;/h7-10H,5-6H2,1-4H3,(H,25,26,27);1H. The van der Waals surface area contributed by atoms with Gasteiger partial charge in [-0.15, -0.1) is 5.10 Å². The lowest BCUT2D eigenvalue weighted by atomic mass is 9.96. The second-order valence-electron chi connectivity index (χ2n) is 7.39. The van der Waals surface area contributed by atoms with Gasteiger partial charge in [-0.05, 0) is 41.9 Å². The third-order valence-electron chi connectivity index (χ3n) is 4.55. The van der Waals surface area contributed by atoms with E-state index in [1.165, 1.54) is 25.1 Å². The second-order valence-corrected chi connectivity index (χ2v) is 8.78. The van der Waals surface area contributed by atoms with Gasteiger partial charge in [0.15, 0.2) is 0 Å². The van der Waals surface area contributed by atoms with Gasteiger partial charge >= 0.3 is 6.18 Å². The van der Waals surface area contributed by atoms with E-state index in [1.54, 1.807) is 6.07 Å². The van der Waals surface area contributed by atoms with Gasteiger partial charge in [0.2, 0.25) is 5.95 Å². The van der Waals surface area contributed by atoms with E-state index in [1.807, 2.05) is 13.8 Å². The van der Waals surface area contributed by atoms with Crippen LogP contribution >= 0.6 is 0 Å². The molecule has 3 rings (SSSR count). The Balaban J connectivity index is 0.00000300. The van der Waals surface area contributed by atoms with Gasteiger partial charge in [-0.3, -0.25) is 9.26 Å². The number of rotatable bonds is 5. The minimum atomic E-state index is -4.76. The van der Waals surface area contributed by atoms with Crippen LogP contribution in [0.15, 0.2) is 17.0 Å². The molecule has 1 heterocycles. The van der Waals surface area contributed by atoms with E-state index in [0.717, 1.165) is 17.5 Å². The Morgan fingerprint density at radius 2 is 1.83 bits per heavy atom. The molecule has 1 aliphatic rings. The van der Waals surface area contributed by atoms with E-state index < -0.39 is 22.1 Å². The molecule has 0 radical (unpaired) electrons. The van der Waals surface area contributed by atoms with Crippen molar-refractivity contribution in [2.45, 2.75) is 49.6 Å². The van der Waals surface area contributed by atoms with Crippen LogP contribution in [-0.4, -0.2) is 41.8 Å². The summed E-state index contributed by atoms with van der Waals surface area (Å²) in [6, 6.07) is 2.84. The molecule has 2 aromatic rings. The molecule has 7 nitrogen and oxygen atoms in total. The lowest BCUT2D eigenvalue weighted by Gasteiger charge is -2.20. The number of alkyl halides is 3. The van der Waals surface area contributed by atoms with Gasteiger partial charge < -0.3 is 4.90 Å². The summed E-state index contributed by atoms with van der Waals surface area (Å²) in [6.45, 7) is 3.69. The smallest absolute Gasteiger partial charge is 0.347 e. The van der Waals surface area contributed by atoms with Crippen molar-refractivity contribution >= 4 is 16.1 Å². The van der Waals surface area contributed by atoms with E-state index in [4.69, 9.17) is 0 Å². The molecular formula is C17H22F4N4O3S. The Bertz CT molecular complexity index is 1010. The van der Waals surface area contributed by atoms with Crippen LogP contribution in [0.2, 0.25) is 0 Å². The van der Waals surface area contributed by atoms with E-state index in [0.29, 0.717) is 11.1 Å². The fraction of sp³-hybridized carbons (Fsp3) is 0.529. The molecule has 0 spiro atoms. The number of anilines is 1. The summed E-state index contributed by atoms with van der Waals surface area (Å²) < 4.78 is 74.1. The molecule has 1 fully saturated rings. The molecule has 1 aromatic carbocycles. The number of benzene rings is 1. The summed E-state index contributed by atoms with van der Waals surface area (Å²) in [5.41, 5.74) is 1.24. The molecule has 1 aromatic heterocycles. The van der Waals surface area contributed by atoms with E-state index >= 15 is 0 Å². The number of nitrogens with zero attached hydrogens (tertiary/aromatic N) is 4. The molecule has 29 heavy (non-hydrogen) atoms. The average molecular weight is 438 g/mol. The molecule has 0 bridgehead atoms. The maximum atomic E-state index is 13.2. The number of hydrogen-bond donors (Lipinski definition) is 1. The summed E-state index contributed by atoms with van der Waals surface area (Å²) >= 11 is 0. The van der Waals surface area contributed by atoms with Gasteiger partial charge in [0.1, 0.15) is 0 Å². The van der Waals surface area contributed by atoms with Gasteiger partial charge in [-0.2, -0.15) is 31.3 Å². The largest absolute Gasteiger partial charge is 0.453 e. The molecule has 1 N–H and O–H groups in total. The van der Waals surface area contributed by atoms with Crippen LogP contribution in [0.5, 0.6) is 0 Å². The van der Waals surface area contributed by atoms with Crippen molar-refractivity contribution in [3.63, 3.8) is 0 Å². The molecule has 0 unspecified atom stereocenters. The average Bonchev–Trinajstić information content (AvgIpc) is 3.28. The van der Waals surface area contributed by atoms with Crippen molar-refractivity contribution in [1.82, 2.24) is 14.8 Å². The molecule has 0 aliphatic heterocycles. The molecule has 1 saturated carbocycles. The van der Waals surface area contributed by atoms with Gasteiger partial charge in [-0.1, -0.05) is 19.9 Å². The molecule has 162 valence electrons. The number of halogens is 4. The van der Waals surface area contributed by atoms with Crippen LogP contribution in [-0.2, 0) is 16.3 Å². The van der Waals surface area contributed by atoms with Crippen molar-refractivity contribution in [3.05, 3.63) is 29.1 Å². The summed E-state index contributed by atoms with van der Waals surface area (Å²) in [4.78, 5) is 4.61. The highest BCUT2D eigenvalue weighted by molar-refractivity contribution is 7.85. The van der Waals surface area contributed by atoms with E-state index in [-0.39, 0.29) is 33.1 Å². The zero-order chi connectivity index (χ0) is 21.0. The van der Waals surface area contributed by atoms with Crippen LogP contribution in [0, 0.1) is 0 Å². The fourth-order valence-electron chi connectivity index (χ4n) is 3.06. The van der Waals surface area contributed by atoms with Gasteiger partial charge in [0.05, 0.1) is 10.6 Å². The van der Waals surface area contributed by atoms with Crippen LogP contribution in [0.3, 0.4) is 0 Å². The number of aromatic nitrogens is 3. The van der Waals surface area contributed by atoms with Gasteiger partial charge in [-0.25, -0.2) is 0 Å². The molecule has 0 saturated heterocycles. The third kappa shape index (κ3) is 4.53. The van der Waals surface area contributed by atoms with Crippen molar-refractivity contribution in [2.75, 3.05) is 19.0 Å². The van der Waals surface area contributed by atoms with Crippen molar-refractivity contribution in [3.8, 4) is 5.69 Å². The minimum Gasteiger partial charge on any atom is -0.347 e. The zero-order valence-electron chi connectivity index (χ0n) is 16.2. The predicted molar refractivity (Wildman–Crippen MR) is 99.1 cm³/mol. The highest BCUT2D eigenvalue weighted by Crippen LogP contribution is 2.45. The number of hydrogen-bond acceptors (Lipinski definition) is 5. The normalized spacial score (nSPS) is 14.8. The SMILES string of the molecule is CC(C)c1cc(C2CC2)c(S(=O)(=O)O)cc1-n1nc(C(F)(F)F)nc1N(C)C.F. The van der Waals surface area contributed by atoms with Crippen molar-refractivity contribution in [1.29, 1.82) is 0 Å². The highest BCUT2D eigenvalue weighted by Gasteiger charge is 2.38. The van der Waals surface area contributed by atoms with E-state index in [9.17, 15) is 26.1 Å². The van der Waals surface area contributed by atoms with Crippen LogP contribution in [0.1, 0.15) is 55.5 Å². The molecule has 12 heteroatoms. The second kappa shape index (κ2) is 7.56. The monoisotopic (exact) mass is 438 g/mol. The maximum Gasteiger partial charge on any atom is 0.453 e. The third-order valence-corrected chi connectivity index (χ3v) is 5.46. The minimum absolute atomic E-state index is 0. The molecule has 1 aliphatic carbocycles. The Morgan fingerprint density at radius 1 is 1.24 bits per heavy atom. The summed E-state index contributed by atoms with van der Waals surface area (Å²) in [5, 5.41) is 3.59. The lowest BCUT2D eigenvalue weighted by Crippen LogP contribution is -2.17. The zero-order valence-corrected chi connectivity index (χ0v) is 17.0. The predicted octanol–water partition coefficient (Wildman–Crippen LogP) is 3.75. The van der Waals surface area contributed by atoms with Crippen LogP contribution < -0.4 is 4.90 Å². The Hall–Kier alpha value is -2.21. The highest BCUT2D eigenvalue weighted by atomic mass is 32.2. The Kier molecular flexibility index (Phi) is 6.01. The van der Waals surface area contributed by atoms with Crippen molar-refractivity contribution in [2.24, 2.45) is 0 Å². The maximum absolute atomic E-state index is 13.2. The molecular weight excluding hydrogens is 416 g/mol. The van der Waals surface area contributed by atoms with E-state index in [2.05, 4.69) is 10.1 Å². The van der Waals surface area contributed by atoms with Crippen molar-refractivity contribution < 1.29 is 30.8 Å². The quantitative estimate of drug-likeness (QED) is 0.565. The lowest BCUT2D eigenvalue weighted by molar-refractivity contribution is -0.144. The van der Waals surface area contributed by atoms with Gasteiger partial charge in [0.25, 0.3) is 15.9 Å². The first kappa shape index (κ1) is 23.1.